The van der Waals surface area contributed by atoms with Crippen LogP contribution in [0.5, 0.6) is 5.88 Å². The molecule has 1 saturated heterocycles. The largest absolute Gasteiger partial charge is 0.471 e. The van der Waals surface area contributed by atoms with Crippen LogP contribution in [0, 0.1) is 5.92 Å². The third-order valence-corrected chi connectivity index (χ3v) is 4.77. The number of aromatic nitrogens is 2. The second-order valence-corrected chi connectivity index (χ2v) is 6.91. The molecule has 5 nitrogen and oxygen atoms in total. The molecule has 1 aromatic heterocycles. The Bertz CT molecular complexity index is 472. The normalized spacial score (nSPS) is 29.3. The van der Waals surface area contributed by atoms with Gasteiger partial charge in [-0.05, 0) is 47.5 Å². The molecule has 2 aliphatic rings. The first kappa shape index (κ1) is 15.0. The van der Waals surface area contributed by atoms with Crippen molar-refractivity contribution in [3.8, 4) is 5.88 Å². The van der Waals surface area contributed by atoms with E-state index in [1.165, 1.54) is 25.7 Å². The molecule has 0 aromatic carbocycles. The zero-order valence-corrected chi connectivity index (χ0v) is 13.9. The number of anilines is 1. The first-order valence-electron chi connectivity index (χ1n) is 7.74. The number of halogens is 1. The van der Waals surface area contributed by atoms with Crippen LogP contribution in [-0.2, 0) is 4.74 Å². The third-order valence-electron chi connectivity index (χ3n) is 4.23. The van der Waals surface area contributed by atoms with Gasteiger partial charge in [0, 0.05) is 12.5 Å². The molecule has 2 heterocycles. The summed E-state index contributed by atoms with van der Waals surface area (Å²) in [6.45, 7) is 3.72. The highest BCUT2D eigenvalue weighted by molar-refractivity contribution is 9.10. The van der Waals surface area contributed by atoms with Gasteiger partial charge in [-0.1, -0.05) is 6.92 Å². The summed E-state index contributed by atoms with van der Waals surface area (Å²) in [6, 6.07) is 0.477. The molecule has 3 rings (SSSR count). The molecule has 1 aromatic rings. The zero-order chi connectivity index (χ0) is 14.7. The number of nitrogens with zero attached hydrogens (tertiary/aromatic N) is 2. The molecule has 0 amide bonds. The van der Waals surface area contributed by atoms with Crippen molar-refractivity contribution in [3.63, 3.8) is 0 Å². The van der Waals surface area contributed by atoms with Crippen molar-refractivity contribution in [2.24, 2.45) is 5.92 Å². The minimum Gasteiger partial charge on any atom is -0.471 e. The van der Waals surface area contributed by atoms with Crippen LogP contribution in [0.4, 0.5) is 5.95 Å². The monoisotopic (exact) mass is 355 g/mol. The molecule has 21 heavy (non-hydrogen) atoms. The number of rotatable bonds is 4. The summed E-state index contributed by atoms with van der Waals surface area (Å²) in [4.78, 5) is 8.85. The van der Waals surface area contributed by atoms with Gasteiger partial charge in [-0.15, -0.1) is 0 Å². The van der Waals surface area contributed by atoms with E-state index < -0.39 is 0 Å². The van der Waals surface area contributed by atoms with Gasteiger partial charge in [0.05, 0.1) is 23.9 Å². The predicted octanol–water partition coefficient (Wildman–Crippen LogP) is 3.40. The molecule has 0 bridgehead atoms. The van der Waals surface area contributed by atoms with Crippen LogP contribution in [0.25, 0.3) is 0 Å². The van der Waals surface area contributed by atoms with Crippen molar-refractivity contribution in [3.05, 3.63) is 10.7 Å². The lowest BCUT2D eigenvalue weighted by Crippen LogP contribution is -2.26. The van der Waals surface area contributed by atoms with E-state index in [0.29, 0.717) is 24.5 Å². The number of hydrogen-bond donors (Lipinski definition) is 1. The fourth-order valence-corrected chi connectivity index (χ4v) is 3.14. The Kier molecular flexibility index (Phi) is 4.95. The average Bonchev–Trinajstić information content (AvgIpc) is 2.98. The molecule has 6 heteroatoms. The van der Waals surface area contributed by atoms with Crippen molar-refractivity contribution in [2.45, 2.75) is 51.2 Å². The maximum Gasteiger partial charge on any atom is 0.233 e. The van der Waals surface area contributed by atoms with E-state index in [0.717, 1.165) is 23.4 Å². The molecule has 1 N–H and O–H groups in total. The van der Waals surface area contributed by atoms with Crippen LogP contribution in [0.15, 0.2) is 10.7 Å². The van der Waals surface area contributed by atoms with E-state index in [9.17, 15) is 0 Å². The predicted molar refractivity (Wildman–Crippen MR) is 84.6 cm³/mol. The third kappa shape index (κ3) is 4.07. The molecule has 2 fully saturated rings. The van der Waals surface area contributed by atoms with Crippen molar-refractivity contribution in [1.82, 2.24) is 9.97 Å². The Hall–Kier alpha value is -0.880. The standard InChI is InChI=1S/C15H22BrN3O2/c1-10-2-4-11(5-3-10)18-15-17-8-13(16)14(19-15)21-12-6-7-20-9-12/h8,10-12H,2-7,9H2,1H3,(H,17,18,19)/t10-,11-,12-/m1/s1. The van der Waals surface area contributed by atoms with Crippen LogP contribution in [0.3, 0.4) is 0 Å². The molecule has 0 spiro atoms. The summed E-state index contributed by atoms with van der Waals surface area (Å²) >= 11 is 3.45. The fourth-order valence-electron chi connectivity index (χ4n) is 2.85. The summed E-state index contributed by atoms with van der Waals surface area (Å²) < 4.78 is 12.0. The Balaban J connectivity index is 1.62. The number of nitrogens with one attached hydrogen (secondary N) is 1. The highest BCUT2D eigenvalue weighted by atomic mass is 79.9. The molecular formula is C15H22BrN3O2. The second kappa shape index (κ2) is 6.92. The smallest absolute Gasteiger partial charge is 0.233 e. The molecule has 0 unspecified atom stereocenters. The molecular weight excluding hydrogens is 334 g/mol. The van der Waals surface area contributed by atoms with Crippen molar-refractivity contribution in [1.29, 1.82) is 0 Å². The molecule has 0 radical (unpaired) electrons. The summed E-state index contributed by atoms with van der Waals surface area (Å²) in [7, 11) is 0. The highest BCUT2D eigenvalue weighted by Crippen LogP contribution is 2.28. The highest BCUT2D eigenvalue weighted by Gasteiger charge is 2.21. The molecule has 116 valence electrons. The Morgan fingerprint density at radius 1 is 1.29 bits per heavy atom. The molecule has 1 saturated carbocycles. The van der Waals surface area contributed by atoms with Gasteiger partial charge in [0.15, 0.2) is 0 Å². The maximum atomic E-state index is 5.89. The Labute approximate surface area is 134 Å². The molecule has 1 aliphatic carbocycles. The number of hydrogen-bond acceptors (Lipinski definition) is 5. The quantitative estimate of drug-likeness (QED) is 0.896. The van der Waals surface area contributed by atoms with Crippen LogP contribution < -0.4 is 10.1 Å². The molecule has 1 atom stereocenters. The lowest BCUT2D eigenvalue weighted by atomic mass is 9.87. The van der Waals surface area contributed by atoms with Gasteiger partial charge in [-0.3, -0.25) is 0 Å². The number of ether oxygens (including phenoxy) is 2. The Morgan fingerprint density at radius 2 is 2.10 bits per heavy atom. The van der Waals surface area contributed by atoms with Gasteiger partial charge in [-0.25, -0.2) is 4.98 Å². The van der Waals surface area contributed by atoms with E-state index in [2.05, 4.69) is 38.1 Å². The summed E-state index contributed by atoms with van der Waals surface area (Å²) in [6.07, 6.45) is 7.69. The van der Waals surface area contributed by atoms with E-state index >= 15 is 0 Å². The van der Waals surface area contributed by atoms with E-state index in [1.807, 2.05) is 0 Å². The van der Waals surface area contributed by atoms with E-state index in [4.69, 9.17) is 9.47 Å². The minimum atomic E-state index is 0.0968. The van der Waals surface area contributed by atoms with E-state index in [-0.39, 0.29) is 6.10 Å². The zero-order valence-electron chi connectivity index (χ0n) is 12.3. The second-order valence-electron chi connectivity index (χ2n) is 6.05. The van der Waals surface area contributed by atoms with Gasteiger partial charge < -0.3 is 14.8 Å². The maximum absolute atomic E-state index is 5.89. The van der Waals surface area contributed by atoms with Crippen LogP contribution in [0.2, 0.25) is 0 Å². The fraction of sp³-hybridized carbons (Fsp3) is 0.733. The van der Waals surface area contributed by atoms with Crippen LogP contribution in [-0.4, -0.2) is 35.3 Å². The average molecular weight is 356 g/mol. The summed E-state index contributed by atoms with van der Waals surface area (Å²) in [5.74, 6) is 2.11. The molecule has 1 aliphatic heterocycles. The van der Waals surface area contributed by atoms with Crippen molar-refractivity contribution in [2.75, 3.05) is 18.5 Å². The first-order chi connectivity index (χ1) is 10.2. The van der Waals surface area contributed by atoms with Gasteiger partial charge >= 0.3 is 0 Å². The van der Waals surface area contributed by atoms with Crippen LogP contribution in [0.1, 0.15) is 39.0 Å². The lowest BCUT2D eigenvalue weighted by molar-refractivity contribution is 0.137. The van der Waals surface area contributed by atoms with Crippen molar-refractivity contribution >= 4 is 21.9 Å². The van der Waals surface area contributed by atoms with Gasteiger partial charge in [0.2, 0.25) is 11.8 Å². The van der Waals surface area contributed by atoms with Crippen molar-refractivity contribution < 1.29 is 9.47 Å². The summed E-state index contributed by atoms with van der Waals surface area (Å²) in [5, 5.41) is 3.44. The van der Waals surface area contributed by atoms with Gasteiger partial charge in [-0.2, -0.15) is 4.98 Å². The summed E-state index contributed by atoms with van der Waals surface area (Å²) in [5.41, 5.74) is 0. The van der Waals surface area contributed by atoms with Gasteiger partial charge in [0.25, 0.3) is 0 Å². The van der Waals surface area contributed by atoms with Crippen LogP contribution >= 0.6 is 15.9 Å². The first-order valence-corrected chi connectivity index (χ1v) is 8.53. The van der Waals surface area contributed by atoms with Gasteiger partial charge in [0.1, 0.15) is 6.10 Å². The Morgan fingerprint density at radius 3 is 2.81 bits per heavy atom. The van der Waals surface area contributed by atoms with E-state index in [1.54, 1.807) is 6.20 Å². The SMILES string of the molecule is C[C@H]1CC[C@H](Nc2ncc(Br)c(O[C@@H]3CCOC3)n2)CC1. The topological polar surface area (TPSA) is 56.3 Å². The lowest BCUT2D eigenvalue weighted by Gasteiger charge is -2.27. The minimum absolute atomic E-state index is 0.0968.